The first kappa shape index (κ1) is 24.5. The lowest BCUT2D eigenvalue weighted by Crippen LogP contribution is -2.07. The van der Waals surface area contributed by atoms with Gasteiger partial charge in [-0.25, -0.2) is 9.98 Å². The molecule has 184 valence electrons. The Labute approximate surface area is 219 Å². The van der Waals surface area contributed by atoms with E-state index in [-0.39, 0.29) is 0 Å². The van der Waals surface area contributed by atoms with Crippen LogP contribution in [-0.2, 0) is 0 Å². The molecule has 0 atom stereocenters. The van der Waals surface area contributed by atoms with E-state index in [0.717, 1.165) is 39.5 Å². The Kier molecular flexibility index (Phi) is 7.14. The monoisotopic (exact) mass is 484 g/mol. The molecule has 0 fully saturated rings. The second-order valence-corrected chi connectivity index (χ2v) is 9.85. The van der Waals surface area contributed by atoms with Gasteiger partial charge in [-0.3, -0.25) is 0 Å². The van der Waals surface area contributed by atoms with Crippen molar-refractivity contribution in [2.45, 2.75) is 39.5 Å². The number of hydrogen-bond acceptors (Lipinski definition) is 3. The molecule has 0 bridgehead atoms. The van der Waals surface area contributed by atoms with E-state index in [1.165, 1.54) is 11.1 Å². The second-order valence-electron chi connectivity index (χ2n) is 9.85. The molecule has 5 aromatic rings. The summed E-state index contributed by atoms with van der Waals surface area (Å²) in [6, 6.07) is 37.0. The lowest BCUT2D eigenvalue weighted by atomic mass is 9.92. The molecule has 5 rings (SSSR count). The van der Waals surface area contributed by atoms with Crippen LogP contribution in [0.1, 0.15) is 61.9 Å². The fourth-order valence-corrected chi connectivity index (χ4v) is 4.57. The molecule has 0 aliphatic heterocycles. The number of nitrogens with zero attached hydrogens (tertiary/aromatic N) is 2. The van der Waals surface area contributed by atoms with E-state index in [1.54, 1.807) is 0 Å². The average molecular weight is 485 g/mol. The van der Waals surface area contributed by atoms with Crippen LogP contribution in [0, 0.1) is 0 Å². The SMILES string of the molecule is CC(C)c1cccc(C(C)C)c1N=C(c1ccccc1)c1nc(-c2ccccc2)oc1-c1ccccc1. The number of benzene rings is 4. The summed E-state index contributed by atoms with van der Waals surface area (Å²) < 4.78 is 6.49. The third kappa shape index (κ3) is 5.17. The molecule has 37 heavy (non-hydrogen) atoms. The van der Waals surface area contributed by atoms with Gasteiger partial charge in [0.25, 0.3) is 0 Å². The van der Waals surface area contributed by atoms with Crippen LogP contribution in [0.2, 0.25) is 0 Å². The zero-order chi connectivity index (χ0) is 25.8. The highest BCUT2D eigenvalue weighted by molar-refractivity contribution is 6.16. The number of rotatable bonds is 7. The summed E-state index contributed by atoms with van der Waals surface area (Å²) in [7, 11) is 0. The number of hydrogen-bond donors (Lipinski definition) is 0. The summed E-state index contributed by atoms with van der Waals surface area (Å²) in [5.41, 5.74) is 7.93. The molecule has 1 heterocycles. The first-order chi connectivity index (χ1) is 18.0. The molecule has 0 saturated carbocycles. The van der Waals surface area contributed by atoms with Gasteiger partial charge >= 0.3 is 0 Å². The quantitative estimate of drug-likeness (QED) is 0.216. The molecule has 3 nitrogen and oxygen atoms in total. The summed E-state index contributed by atoms with van der Waals surface area (Å²) in [6.07, 6.45) is 0. The lowest BCUT2D eigenvalue weighted by molar-refractivity contribution is 0.588. The molecule has 4 aromatic carbocycles. The number of oxazole rings is 1. The first-order valence-electron chi connectivity index (χ1n) is 12.9. The normalized spacial score (nSPS) is 11.9. The van der Waals surface area contributed by atoms with Crippen LogP contribution < -0.4 is 0 Å². The molecule has 0 aliphatic carbocycles. The molecule has 0 unspecified atom stereocenters. The largest absolute Gasteiger partial charge is 0.435 e. The summed E-state index contributed by atoms with van der Waals surface area (Å²) in [5, 5.41) is 0. The van der Waals surface area contributed by atoms with E-state index < -0.39 is 0 Å². The van der Waals surface area contributed by atoms with Gasteiger partial charge in [-0.15, -0.1) is 0 Å². The van der Waals surface area contributed by atoms with Crippen LogP contribution in [0.25, 0.3) is 22.8 Å². The molecule has 0 radical (unpaired) electrons. The van der Waals surface area contributed by atoms with E-state index >= 15 is 0 Å². The highest BCUT2D eigenvalue weighted by Crippen LogP contribution is 2.37. The van der Waals surface area contributed by atoms with Crippen molar-refractivity contribution in [2.75, 3.05) is 0 Å². The van der Waals surface area contributed by atoms with E-state index in [4.69, 9.17) is 14.4 Å². The van der Waals surface area contributed by atoms with Gasteiger partial charge < -0.3 is 4.42 Å². The van der Waals surface area contributed by atoms with Crippen molar-refractivity contribution in [3.63, 3.8) is 0 Å². The predicted octanol–water partition coefficient (Wildman–Crippen LogP) is 9.42. The van der Waals surface area contributed by atoms with Crippen LogP contribution in [0.15, 0.2) is 119 Å². The number of aromatic nitrogens is 1. The molecule has 0 spiro atoms. The Morgan fingerprint density at radius 1 is 0.622 bits per heavy atom. The van der Waals surface area contributed by atoms with E-state index in [0.29, 0.717) is 17.7 Å². The molecule has 0 aliphatic rings. The smallest absolute Gasteiger partial charge is 0.227 e. The summed E-state index contributed by atoms with van der Waals surface area (Å²) in [6.45, 7) is 8.89. The Balaban J connectivity index is 1.82. The van der Waals surface area contributed by atoms with Gasteiger partial charge in [-0.05, 0) is 35.1 Å². The molecule has 3 heteroatoms. The highest BCUT2D eigenvalue weighted by Gasteiger charge is 2.23. The van der Waals surface area contributed by atoms with Crippen molar-refractivity contribution in [1.29, 1.82) is 0 Å². The Bertz CT molecular complexity index is 1470. The summed E-state index contributed by atoms with van der Waals surface area (Å²) in [5.74, 6) is 1.97. The molecular weight excluding hydrogens is 452 g/mol. The fraction of sp³-hybridized carbons (Fsp3) is 0.176. The van der Waals surface area contributed by atoms with Crippen LogP contribution in [0.3, 0.4) is 0 Å². The van der Waals surface area contributed by atoms with Gasteiger partial charge in [0.2, 0.25) is 5.89 Å². The Hall–Kier alpha value is -4.24. The van der Waals surface area contributed by atoms with Crippen molar-refractivity contribution < 1.29 is 4.42 Å². The fourth-order valence-electron chi connectivity index (χ4n) is 4.57. The minimum absolute atomic E-state index is 0.334. The van der Waals surface area contributed by atoms with Crippen LogP contribution in [0.4, 0.5) is 5.69 Å². The van der Waals surface area contributed by atoms with Crippen molar-refractivity contribution in [1.82, 2.24) is 4.98 Å². The number of para-hydroxylation sites is 1. The van der Waals surface area contributed by atoms with Gasteiger partial charge in [0, 0.05) is 16.7 Å². The van der Waals surface area contributed by atoms with Crippen molar-refractivity contribution >= 4 is 11.4 Å². The first-order valence-corrected chi connectivity index (χ1v) is 12.9. The van der Waals surface area contributed by atoms with Gasteiger partial charge in [0.05, 0.1) is 5.69 Å². The van der Waals surface area contributed by atoms with Crippen molar-refractivity contribution in [3.05, 3.63) is 132 Å². The van der Waals surface area contributed by atoms with Crippen LogP contribution in [0.5, 0.6) is 0 Å². The zero-order valence-corrected chi connectivity index (χ0v) is 21.8. The molecule has 0 amide bonds. The molecule has 0 N–H and O–H groups in total. The topological polar surface area (TPSA) is 38.4 Å². The minimum Gasteiger partial charge on any atom is -0.435 e. The van der Waals surface area contributed by atoms with Crippen LogP contribution >= 0.6 is 0 Å². The second kappa shape index (κ2) is 10.8. The Morgan fingerprint density at radius 2 is 1.14 bits per heavy atom. The summed E-state index contributed by atoms with van der Waals surface area (Å²) in [4.78, 5) is 10.5. The van der Waals surface area contributed by atoms with Crippen LogP contribution in [-0.4, -0.2) is 10.7 Å². The molecule has 1 aromatic heterocycles. The maximum atomic E-state index is 6.49. The molecule has 0 saturated heterocycles. The predicted molar refractivity (Wildman–Crippen MR) is 154 cm³/mol. The third-order valence-corrected chi connectivity index (χ3v) is 6.52. The van der Waals surface area contributed by atoms with E-state index in [1.807, 2.05) is 66.7 Å². The maximum absolute atomic E-state index is 6.49. The highest BCUT2D eigenvalue weighted by atomic mass is 16.4. The molecular formula is C34H32N2O. The van der Waals surface area contributed by atoms with Gasteiger partial charge in [0.15, 0.2) is 5.76 Å². The van der Waals surface area contributed by atoms with Gasteiger partial charge in [-0.2, -0.15) is 0 Å². The maximum Gasteiger partial charge on any atom is 0.227 e. The van der Waals surface area contributed by atoms with E-state index in [9.17, 15) is 0 Å². The number of aliphatic imine (C=N–C) groups is 1. The zero-order valence-electron chi connectivity index (χ0n) is 21.8. The van der Waals surface area contributed by atoms with Gasteiger partial charge in [-0.1, -0.05) is 125 Å². The standard InChI is InChI=1S/C34H32N2O/c1-23(2)28-21-14-22-29(24(3)4)31(28)35-30(25-15-8-5-9-16-25)32-33(26-17-10-6-11-18-26)37-34(36-32)27-19-12-7-13-20-27/h5-24H,1-4H3. The van der Waals surface area contributed by atoms with E-state index in [2.05, 4.69) is 70.2 Å². The summed E-state index contributed by atoms with van der Waals surface area (Å²) >= 11 is 0. The van der Waals surface area contributed by atoms with Gasteiger partial charge in [0.1, 0.15) is 11.4 Å². The van der Waals surface area contributed by atoms with Crippen molar-refractivity contribution in [2.24, 2.45) is 4.99 Å². The average Bonchev–Trinajstić information content (AvgIpc) is 3.38. The Morgan fingerprint density at radius 3 is 1.68 bits per heavy atom. The lowest BCUT2D eigenvalue weighted by Gasteiger charge is -2.18. The third-order valence-electron chi connectivity index (χ3n) is 6.52. The minimum atomic E-state index is 0.334. The van der Waals surface area contributed by atoms with Crippen molar-refractivity contribution in [3.8, 4) is 22.8 Å².